The highest BCUT2D eigenvalue weighted by Gasteiger charge is 2.23. The molecule has 2 aliphatic rings. The van der Waals surface area contributed by atoms with Gasteiger partial charge in [-0.25, -0.2) is 4.79 Å². The van der Waals surface area contributed by atoms with Gasteiger partial charge in [0.2, 0.25) is 0 Å². The quantitative estimate of drug-likeness (QED) is 0.850. The van der Waals surface area contributed by atoms with E-state index >= 15 is 0 Å². The molecule has 2 fully saturated rings. The fourth-order valence-corrected chi connectivity index (χ4v) is 3.04. The lowest BCUT2D eigenvalue weighted by atomic mass is 9.84. The number of ether oxygens (including phenoxy) is 1. The third-order valence-corrected chi connectivity index (χ3v) is 4.50. The highest BCUT2D eigenvalue weighted by molar-refractivity contribution is 5.91. The Balaban J connectivity index is 1.50. The van der Waals surface area contributed by atoms with Crippen molar-refractivity contribution in [2.45, 2.75) is 56.9 Å². The summed E-state index contributed by atoms with van der Waals surface area (Å²) in [6, 6.07) is 7.96. The monoisotopic (exact) mass is 301 g/mol. The van der Waals surface area contributed by atoms with Gasteiger partial charge in [-0.1, -0.05) is 31.4 Å². The summed E-state index contributed by atoms with van der Waals surface area (Å²) in [5.74, 6) is -0.0149. The van der Waals surface area contributed by atoms with Crippen molar-refractivity contribution in [3.8, 4) is 0 Å². The molecule has 0 unspecified atom stereocenters. The molecule has 0 bridgehead atoms. The van der Waals surface area contributed by atoms with E-state index in [2.05, 4.69) is 5.32 Å². The number of carbonyl (C=O) groups excluding carboxylic acids is 2. The molecule has 0 heterocycles. The zero-order chi connectivity index (χ0) is 15.4. The second kappa shape index (κ2) is 6.95. The van der Waals surface area contributed by atoms with Gasteiger partial charge in [0, 0.05) is 6.04 Å². The molecule has 0 saturated heterocycles. The lowest BCUT2D eigenvalue weighted by molar-refractivity contribution is -0.124. The Morgan fingerprint density at radius 2 is 1.68 bits per heavy atom. The van der Waals surface area contributed by atoms with E-state index in [4.69, 9.17) is 4.74 Å². The van der Waals surface area contributed by atoms with Crippen LogP contribution in [0.2, 0.25) is 0 Å². The molecule has 2 aliphatic carbocycles. The first kappa shape index (κ1) is 15.1. The van der Waals surface area contributed by atoms with Crippen LogP contribution in [0.15, 0.2) is 24.3 Å². The average Bonchev–Trinajstić information content (AvgIpc) is 3.37. The maximum atomic E-state index is 11.9. The zero-order valence-corrected chi connectivity index (χ0v) is 12.8. The van der Waals surface area contributed by atoms with Crippen LogP contribution in [0, 0.1) is 0 Å². The molecule has 0 aromatic heterocycles. The van der Waals surface area contributed by atoms with Gasteiger partial charge in [0.15, 0.2) is 6.61 Å². The molecule has 1 N–H and O–H groups in total. The highest BCUT2D eigenvalue weighted by Crippen LogP contribution is 2.32. The minimum atomic E-state index is -0.429. The van der Waals surface area contributed by atoms with Crippen LogP contribution in [0.4, 0.5) is 0 Å². The third-order valence-electron chi connectivity index (χ3n) is 4.50. The summed E-state index contributed by atoms with van der Waals surface area (Å²) in [6.45, 7) is -0.195. The first-order chi connectivity index (χ1) is 10.7. The Morgan fingerprint density at radius 1 is 1.00 bits per heavy atom. The van der Waals surface area contributed by atoms with E-state index in [1.165, 1.54) is 37.7 Å². The second-order valence-electron chi connectivity index (χ2n) is 6.37. The first-order valence-corrected chi connectivity index (χ1v) is 8.29. The number of amides is 1. The summed E-state index contributed by atoms with van der Waals surface area (Å²) in [6.07, 6.45) is 8.47. The topological polar surface area (TPSA) is 55.4 Å². The summed E-state index contributed by atoms with van der Waals surface area (Å²) >= 11 is 0. The number of hydrogen-bond acceptors (Lipinski definition) is 3. The van der Waals surface area contributed by atoms with Gasteiger partial charge in [-0.3, -0.25) is 4.79 Å². The van der Waals surface area contributed by atoms with Crippen LogP contribution < -0.4 is 5.32 Å². The van der Waals surface area contributed by atoms with Crippen LogP contribution in [0.1, 0.15) is 66.8 Å². The fourth-order valence-electron chi connectivity index (χ4n) is 3.04. The SMILES string of the molecule is O=C(COC(=O)c1ccc(C2CCCCC2)cc1)NC1CC1. The van der Waals surface area contributed by atoms with Crippen molar-refractivity contribution >= 4 is 11.9 Å². The van der Waals surface area contributed by atoms with Crippen molar-refractivity contribution in [3.05, 3.63) is 35.4 Å². The first-order valence-electron chi connectivity index (χ1n) is 8.29. The summed E-state index contributed by atoms with van der Waals surface area (Å²) in [5.41, 5.74) is 1.82. The van der Waals surface area contributed by atoms with Crippen molar-refractivity contribution < 1.29 is 14.3 Å². The summed E-state index contributed by atoms with van der Waals surface area (Å²) < 4.78 is 5.05. The molecule has 0 atom stereocenters. The molecule has 2 saturated carbocycles. The number of rotatable bonds is 5. The summed E-state index contributed by atoms with van der Waals surface area (Å²) in [5, 5.41) is 2.80. The van der Waals surface area contributed by atoms with Gasteiger partial charge in [0.25, 0.3) is 5.91 Å². The molecule has 0 aliphatic heterocycles. The molecule has 1 aromatic carbocycles. The van der Waals surface area contributed by atoms with Gasteiger partial charge in [-0.2, -0.15) is 0 Å². The predicted molar refractivity (Wildman–Crippen MR) is 83.7 cm³/mol. The molecular weight excluding hydrogens is 278 g/mol. The smallest absolute Gasteiger partial charge is 0.338 e. The Kier molecular flexibility index (Phi) is 4.76. The van der Waals surface area contributed by atoms with E-state index in [0.717, 1.165) is 12.8 Å². The minimum absolute atomic E-state index is 0.195. The van der Waals surface area contributed by atoms with Gasteiger partial charge in [-0.15, -0.1) is 0 Å². The van der Waals surface area contributed by atoms with Crippen LogP contribution in [0.3, 0.4) is 0 Å². The molecule has 4 heteroatoms. The van der Waals surface area contributed by atoms with Crippen molar-refractivity contribution in [2.75, 3.05) is 6.61 Å². The largest absolute Gasteiger partial charge is 0.452 e. The van der Waals surface area contributed by atoms with Gasteiger partial charge in [0.1, 0.15) is 0 Å². The van der Waals surface area contributed by atoms with Crippen LogP contribution in [-0.2, 0) is 9.53 Å². The van der Waals surface area contributed by atoms with Crippen molar-refractivity contribution in [2.24, 2.45) is 0 Å². The molecule has 118 valence electrons. The number of esters is 1. The van der Waals surface area contributed by atoms with E-state index in [9.17, 15) is 9.59 Å². The number of carbonyl (C=O) groups is 2. The summed E-state index contributed by atoms with van der Waals surface area (Å²) in [7, 11) is 0. The van der Waals surface area contributed by atoms with Crippen LogP contribution in [-0.4, -0.2) is 24.5 Å². The van der Waals surface area contributed by atoms with E-state index in [-0.39, 0.29) is 12.5 Å². The Morgan fingerprint density at radius 3 is 2.32 bits per heavy atom. The highest BCUT2D eigenvalue weighted by atomic mass is 16.5. The van der Waals surface area contributed by atoms with Crippen LogP contribution in [0.5, 0.6) is 0 Å². The molecule has 4 nitrogen and oxygen atoms in total. The molecule has 0 radical (unpaired) electrons. The Bertz CT molecular complexity index is 528. The summed E-state index contributed by atoms with van der Waals surface area (Å²) in [4.78, 5) is 23.4. The van der Waals surface area contributed by atoms with Crippen molar-refractivity contribution in [3.63, 3.8) is 0 Å². The molecule has 0 spiro atoms. The van der Waals surface area contributed by atoms with Gasteiger partial charge in [-0.05, 0) is 49.3 Å². The van der Waals surface area contributed by atoms with Gasteiger partial charge < -0.3 is 10.1 Å². The average molecular weight is 301 g/mol. The third kappa shape index (κ3) is 4.09. The Labute approximate surface area is 131 Å². The van der Waals surface area contributed by atoms with Crippen LogP contribution in [0.25, 0.3) is 0 Å². The molecule has 1 amide bonds. The predicted octanol–water partition coefficient (Wildman–Crippen LogP) is 3.17. The lowest BCUT2D eigenvalue weighted by Gasteiger charge is -2.21. The normalized spacial score (nSPS) is 18.7. The van der Waals surface area contributed by atoms with Gasteiger partial charge in [0.05, 0.1) is 5.56 Å². The standard InChI is InChI=1S/C18H23NO3/c20-17(19-16-10-11-16)12-22-18(21)15-8-6-14(7-9-15)13-4-2-1-3-5-13/h6-9,13,16H,1-5,10-12H2,(H,19,20). The van der Waals surface area contributed by atoms with E-state index < -0.39 is 5.97 Å². The Hall–Kier alpha value is -1.84. The molecule has 3 rings (SSSR count). The van der Waals surface area contributed by atoms with Crippen LogP contribution >= 0.6 is 0 Å². The maximum absolute atomic E-state index is 11.9. The minimum Gasteiger partial charge on any atom is -0.452 e. The fraction of sp³-hybridized carbons (Fsp3) is 0.556. The van der Waals surface area contributed by atoms with Gasteiger partial charge >= 0.3 is 5.97 Å². The maximum Gasteiger partial charge on any atom is 0.338 e. The van der Waals surface area contributed by atoms with E-state index in [0.29, 0.717) is 17.5 Å². The zero-order valence-electron chi connectivity index (χ0n) is 12.8. The second-order valence-corrected chi connectivity index (χ2v) is 6.37. The van der Waals surface area contributed by atoms with Crippen molar-refractivity contribution in [1.29, 1.82) is 0 Å². The number of benzene rings is 1. The van der Waals surface area contributed by atoms with E-state index in [1.54, 1.807) is 0 Å². The number of hydrogen-bond donors (Lipinski definition) is 1. The molecule has 22 heavy (non-hydrogen) atoms. The van der Waals surface area contributed by atoms with E-state index in [1.807, 2.05) is 24.3 Å². The molecule has 1 aromatic rings. The molecular formula is C18H23NO3. The van der Waals surface area contributed by atoms with Crippen molar-refractivity contribution in [1.82, 2.24) is 5.32 Å². The lowest BCUT2D eigenvalue weighted by Crippen LogP contribution is -2.30. The number of nitrogens with one attached hydrogen (secondary N) is 1.